The van der Waals surface area contributed by atoms with Crippen LogP contribution in [0.2, 0.25) is 0 Å². The summed E-state index contributed by atoms with van der Waals surface area (Å²) in [6, 6.07) is 0. The topological polar surface area (TPSA) is 18.8 Å². The number of guanidine groups is 1. The fraction of sp³-hybridized carbons (Fsp3) is 0.706. The number of rotatable bonds is 6. The lowest BCUT2D eigenvalue weighted by atomic mass is 10.4. The van der Waals surface area contributed by atoms with E-state index < -0.39 is 0 Å². The van der Waals surface area contributed by atoms with Crippen LogP contribution in [0, 0.1) is 0 Å². The smallest absolute Gasteiger partial charge is 0.197 e. The third-order valence-corrected chi connectivity index (χ3v) is 2.86. The van der Waals surface area contributed by atoms with Gasteiger partial charge in [-0.05, 0) is 12.8 Å². The first kappa shape index (κ1) is 18.8. The normalized spacial score (nSPS) is 15.2. The molecule has 0 unspecified atom stereocenters. The molecule has 0 amide bonds. The molecule has 116 valence electrons. The van der Waals surface area contributed by atoms with Gasteiger partial charge in [0.15, 0.2) is 5.96 Å². The Morgan fingerprint density at radius 1 is 0.850 bits per heavy atom. The summed E-state index contributed by atoms with van der Waals surface area (Å²) in [6.07, 6.45) is 12.4. The molecule has 1 saturated heterocycles. The van der Waals surface area contributed by atoms with E-state index in [2.05, 4.69) is 66.8 Å². The maximum absolute atomic E-state index is 4.41. The van der Waals surface area contributed by atoms with E-state index in [1.165, 1.54) is 6.42 Å². The van der Waals surface area contributed by atoms with Crippen molar-refractivity contribution in [2.24, 2.45) is 4.99 Å². The molecule has 20 heavy (non-hydrogen) atoms. The van der Waals surface area contributed by atoms with E-state index in [0.717, 1.165) is 45.0 Å². The predicted octanol–water partition coefficient (Wildman–Crippen LogP) is 3.94. The first-order valence-corrected chi connectivity index (χ1v) is 8.01. The van der Waals surface area contributed by atoms with Crippen molar-refractivity contribution in [2.75, 3.05) is 33.2 Å². The molecule has 0 saturated carbocycles. The average Bonchev–Trinajstić information content (AvgIpc) is 2.82. The maximum atomic E-state index is 4.41. The first-order valence-electron chi connectivity index (χ1n) is 8.01. The predicted molar refractivity (Wildman–Crippen MR) is 91.3 cm³/mol. The summed E-state index contributed by atoms with van der Waals surface area (Å²) in [6.45, 7) is 12.7. The van der Waals surface area contributed by atoms with Gasteiger partial charge in [0.05, 0.1) is 0 Å². The summed E-state index contributed by atoms with van der Waals surface area (Å²) in [4.78, 5) is 9.09. The molecule has 0 atom stereocenters. The van der Waals surface area contributed by atoms with Gasteiger partial charge < -0.3 is 9.80 Å². The second kappa shape index (κ2) is 12.8. The molecule has 0 aromatic carbocycles. The van der Waals surface area contributed by atoms with E-state index in [1.54, 1.807) is 0 Å². The molecular formula is C17H33N3. The van der Waals surface area contributed by atoms with Crippen LogP contribution in [-0.4, -0.2) is 49.0 Å². The third-order valence-electron chi connectivity index (χ3n) is 2.86. The Morgan fingerprint density at radius 3 is 1.55 bits per heavy atom. The average molecular weight is 279 g/mol. The van der Waals surface area contributed by atoms with Crippen LogP contribution in [-0.2, 0) is 0 Å². The Bertz CT molecular complexity index is 279. The van der Waals surface area contributed by atoms with Gasteiger partial charge >= 0.3 is 0 Å². The highest BCUT2D eigenvalue weighted by Crippen LogP contribution is 2.08. The van der Waals surface area contributed by atoms with E-state index in [-0.39, 0.29) is 0 Å². The van der Waals surface area contributed by atoms with Crippen LogP contribution in [0.5, 0.6) is 0 Å². The van der Waals surface area contributed by atoms with Gasteiger partial charge in [0.1, 0.15) is 0 Å². The second-order valence-electron chi connectivity index (χ2n) is 4.88. The van der Waals surface area contributed by atoms with E-state index in [0.29, 0.717) is 0 Å². The van der Waals surface area contributed by atoms with E-state index >= 15 is 0 Å². The summed E-state index contributed by atoms with van der Waals surface area (Å²) in [5.41, 5.74) is 0. The third kappa shape index (κ3) is 7.37. The SMILES string of the molecule is CC/C=C/CN1CCN(C/C=C/CC)C1=NC.CCC. The minimum absolute atomic E-state index is 0.981. The van der Waals surface area contributed by atoms with Gasteiger partial charge in [-0.2, -0.15) is 0 Å². The summed E-state index contributed by atoms with van der Waals surface area (Å²) in [7, 11) is 1.88. The Balaban J connectivity index is 0.00000110. The second-order valence-corrected chi connectivity index (χ2v) is 4.88. The van der Waals surface area contributed by atoms with Crippen molar-refractivity contribution in [3.8, 4) is 0 Å². The minimum Gasteiger partial charge on any atom is -0.337 e. The number of allylic oxidation sites excluding steroid dienone is 2. The fourth-order valence-corrected chi connectivity index (χ4v) is 2.01. The van der Waals surface area contributed by atoms with Gasteiger partial charge in [0, 0.05) is 33.2 Å². The van der Waals surface area contributed by atoms with Crippen molar-refractivity contribution >= 4 is 5.96 Å². The Kier molecular flexibility index (Phi) is 12.0. The van der Waals surface area contributed by atoms with Crippen molar-refractivity contribution in [1.29, 1.82) is 0 Å². The summed E-state index contributed by atoms with van der Waals surface area (Å²) >= 11 is 0. The van der Waals surface area contributed by atoms with Gasteiger partial charge in [-0.1, -0.05) is 58.4 Å². The van der Waals surface area contributed by atoms with E-state index in [4.69, 9.17) is 0 Å². The molecule has 1 rings (SSSR count). The zero-order chi connectivity index (χ0) is 15.2. The zero-order valence-corrected chi connectivity index (χ0v) is 14.1. The van der Waals surface area contributed by atoms with Crippen LogP contribution < -0.4 is 0 Å². The number of hydrogen-bond acceptors (Lipinski definition) is 1. The van der Waals surface area contributed by atoms with Crippen LogP contribution in [0.3, 0.4) is 0 Å². The molecule has 0 radical (unpaired) electrons. The molecule has 0 spiro atoms. The van der Waals surface area contributed by atoms with Crippen LogP contribution in [0.15, 0.2) is 29.3 Å². The molecule has 0 N–H and O–H groups in total. The highest BCUT2D eigenvalue weighted by Gasteiger charge is 2.23. The highest BCUT2D eigenvalue weighted by molar-refractivity contribution is 5.82. The molecule has 0 aromatic rings. The van der Waals surface area contributed by atoms with Gasteiger partial charge in [-0.15, -0.1) is 0 Å². The highest BCUT2D eigenvalue weighted by atomic mass is 15.4. The van der Waals surface area contributed by atoms with Crippen molar-refractivity contribution in [3.63, 3.8) is 0 Å². The number of hydrogen-bond donors (Lipinski definition) is 0. The van der Waals surface area contributed by atoms with E-state index in [9.17, 15) is 0 Å². The molecule has 1 aliphatic rings. The minimum atomic E-state index is 0.981. The van der Waals surface area contributed by atoms with Crippen LogP contribution in [0.25, 0.3) is 0 Å². The molecule has 3 heteroatoms. The first-order chi connectivity index (χ1) is 9.74. The molecule has 0 bridgehead atoms. The van der Waals surface area contributed by atoms with Gasteiger partial charge in [0.25, 0.3) is 0 Å². The molecule has 3 nitrogen and oxygen atoms in total. The number of aliphatic imine (C=N–C) groups is 1. The number of nitrogens with zero attached hydrogens (tertiary/aromatic N) is 3. The zero-order valence-electron chi connectivity index (χ0n) is 14.1. The molecule has 1 aliphatic heterocycles. The van der Waals surface area contributed by atoms with Crippen LogP contribution in [0.1, 0.15) is 47.0 Å². The summed E-state index contributed by atoms with van der Waals surface area (Å²) < 4.78 is 0. The van der Waals surface area contributed by atoms with Gasteiger partial charge in [-0.3, -0.25) is 4.99 Å². The quantitative estimate of drug-likeness (QED) is 0.686. The molecular weight excluding hydrogens is 246 g/mol. The Hall–Kier alpha value is -1.25. The Labute approximate surface area is 126 Å². The monoisotopic (exact) mass is 279 g/mol. The van der Waals surface area contributed by atoms with Crippen molar-refractivity contribution in [1.82, 2.24) is 9.80 Å². The molecule has 1 heterocycles. The van der Waals surface area contributed by atoms with Crippen molar-refractivity contribution < 1.29 is 0 Å². The summed E-state index contributed by atoms with van der Waals surface area (Å²) in [5.74, 6) is 1.13. The summed E-state index contributed by atoms with van der Waals surface area (Å²) in [5, 5.41) is 0. The maximum Gasteiger partial charge on any atom is 0.197 e. The van der Waals surface area contributed by atoms with Gasteiger partial charge in [0.2, 0.25) is 0 Å². The lowest BCUT2D eigenvalue weighted by molar-refractivity contribution is 0.508. The molecule has 0 aromatic heterocycles. The van der Waals surface area contributed by atoms with E-state index in [1.807, 2.05) is 7.05 Å². The lowest BCUT2D eigenvalue weighted by Crippen LogP contribution is -2.33. The fourth-order valence-electron chi connectivity index (χ4n) is 2.01. The Morgan fingerprint density at radius 2 is 1.25 bits per heavy atom. The lowest BCUT2D eigenvalue weighted by Gasteiger charge is -2.20. The van der Waals surface area contributed by atoms with Crippen LogP contribution in [0.4, 0.5) is 0 Å². The van der Waals surface area contributed by atoms with Crippen molar-refractivity contribution in [2.45, 2.75) is 47.0 Å². The van der Waals surface area contributed by atoms with Crippen LogP contribution >= 0.6 is 0 Å². The largest absolute Gasteiger partial charge is 0.337 e. The van der Waals surface area contributed by atoms with Crippen molar-refractivity contribution in [3.05, 3.63) is 24.3 Å². The molecule has 1 fully saturated rings. The standard InChI is InChI=1S/C14H25N3.C3H8/c1-4-6-8-10-16-12-13-17(14(16)15-3)11-9-7-5-2;1-3-2/h6-9H,4-5,10-13H2,1-3H3;3H2,1-2H3/b8-6+,9-7+;. The van der Waals surface area contributed by atoms with Gasteiger partial charge in [-0.25, -0.2) is 0 Å². The molecule has 0 aliphatic carbocycles.